The summed E-state index contributed by atoms with van der Waals surface area (Å²) in [7, 11) is 1.57. The highest BCUT2D eigenvalue weighted by Gasteiger charge is 2.21. The second-order valence-corrected chi connectivity index (χ2v) is 7.23. The maximum absolute atomic E-state index is 12.3. The number of hydrogen-bond donors (Lipinski definition) is 2. The van der Waals surface area contributed by atoms with Gasteiger partial charge in [-0.1, -0.05) is 23.7 Å². The van der Waals surface area contributed by atoms with Crippen LogP contribution in [0.1, 0.15) is 12.8 Å². The molecule has 29 heavy (non-hydrogen) atoms. The third-order valence-electron chi connectivity index (χ3n) is 4.65. The highest BCUT2D eigenvalue weighted by Crippen LogP contribution is 2.23. The van der Waals surface area contributed by atoms with Crippen molar-refractivity contribution in [3.63, 3.8) is 0 Å². The number of carbonyl (C=O) groups is 3. The summed E-state index contributed by atoms with van der Waals surface area (Å²) >= 11 is 6.02. The molecule has 152 valence electrons. The molecule has 2 aromatic rings. The van der Waals surface area contributed by atoms with Crippen LogP contribution < -0.4 is 15.5 Å². The fourth-order valence-electron chi connectivity index (χ4n) is 3.05. The number of benzene rings is 2. The summed E-state index contributed by atoms with van der Waals surface area (Å²) in [6.45, 7) is 0.713. The van der Waals surface area contributed by atoms with E-state index in [9.17, 15) is 14.4 Å². The van der Waals surface area contributed by atoms with Crippen molar-refractivity contribution in [1.82, 2.24) is 4.90 Å². The standard InChI is InChI=1S/C21H23ClN4O3/c1-25(14-19(27)24-18-6-3-2-5-17(18)22)21(29)13-23-15-8-10-16(11-9-15)26-12-4-7-20(26)28/h2-3,5-6,8-11,23H,4,7,12-14H2,1H3,(H,24,27). The molecular formula is C21H23ClN4O3. The van der Waals surface area contributed by atoms with Crippen LogP contribution in [-0.4, -0.2) is 49.3 Å². The largest absolute Gasteiger partial charge is 0.376 e. The molecule has 0 spiro atoms. The summed E-state index contributed by atoms with van der Waals surface area (Å²) in [5.41, 5.74) is 2.13. The molecule has 7 nitrogen and oxygen atoms in total. The van der Waals surface area contributed by atoms with E-state index in [1.165, 1.54) is 4.90 Å². The number of rotatable bonds is 7. The summed E-state index contributed by atoms with van der Waals surface area (Å²) < 4.78 is 0. The number of nitrogens with zero attached hydrogens (tertiary/aromatic N) is 2. The second kappa shape index (κ2) is 9.43. The minimum absolute atomic E-state index is 0.0534. The highest BCUT2D eigenvalue weighted by atomic mass is 35.5. The zero-order valence-electron chi connectivity index (χ0n) is 16.2. The number of likely N-dealkylation sites (N-methyl/N-ethyl adjacent to an activating group) is 1. The van der Waals surface area contributed by atoms with Crippen molar-refractivity contribution in [3.8, 4) is 0 Å². The molecule has 2 N–H and O–H groups in total. The van der Waals surface area contributed by atoms with E-state index in [1.807, 2.05) is 24.3 Å². The van der Waals surface area contributed by atoms with Crippen LogP contribution in [0.2, 0.25) is 5.02 Å². The summed E-state index contributed by atoms with van der Waals surface area (Å²) in [6.07, 6.45) is 1.47. The molecule has 1 saturated heterocycles. The molecular weight excluding hydrogens is 392 g/mol. The van der Waals surface area contributed by atoms with Gasteiger partial charge in [0, 0.05) is 31.4 Å². The van der Waals surface area contributed by atoms with Crippen molar-refractivity contribution in [3.05, 3.63) is 53.6 Å². The Kier molecular flexibility index (Phi) is 6.72. The number of carbonyl (C=O) groups excluding carboxylic acids is 3. The van der Waals surface area contributed by atoms with Gasteiger partial charge in [-0.15, -0.1) is 0 Å². The van der Waals surface area contributed by atoms with E-state index >= 15 is 0 Å². The smallest absolute Gasteiger partial charge is 0.244 e. The molecule has 0 unspecified atom stereocenters. The molecule has 0 aliphatic carbocycles. The normalized spacial score (nSPS) is 13.3. The minimum atomic E-state index is -0.325. The first-order valence-electron chi connectivity index (χ1n) is 9.36. The molecule has 3 rings (SSSR count). The van der Waals surface area contributed by atoms with Gasteiger partial charge in [-0.25, -0.2) is 0 Å². The Morgan fingerprint density at radius 1 is 1.14 bits per heavy atom. The highest BCUT2D eigenvalue weighted by molar-refractivity contribution is 6.33. The third-order valence-corrected chi connectivity index (χ3v) is 4.98. The first-order valence-corrected chi connectivity index (χ1v) is 9.74. The molecule has 1 aliphatic rings. The Morgan fingerprint density at radius 2 is 1.86 bits per heavy atom. The lowest BCUT2D eigenvalue weighted by Gasteiger charge is -2.18. The quantitative estimate of drug-likeness (QED) is 0.729. The SMILES string of the molecule is CN(CC(=O)Nc1ccccc1Cl)C(=O)CNc1ccc(N2CCCC2=O)cc1. The first-order chi connectivity index (χ1) is 13.9. The second-order valence-electron chi connectivity index (χ2n) is 6.83. The van der Waals surface area contributed by atoms with E-state index in [-0.39, 0.29) is 30.8 Å². The Labute approximate surface area is 174 Å². The van der Waals surface area contributed by atoms with Gasteiger partial charge in [0.1, 0.15) is 0 Å². The summed E-state index contributed by atoms with van der Waals surface area (Å²) in [4.78, 5) is 39.3. The maximum Gasteiger partial charge on any atom is 0.244 e. The lowest BCUT2D eigenvalue weighted by molar-refractivity contribution is -0.131. The summed E-state index contributed by atoms with van der Waals surface area (Å²) in [6, 6.07) is 14.3. The number of anilines is 3. The number of para-hydroxylation sites is 1. The average Bonchev–Trinajstić information content (AvgIpc) is 3.14. The van der Waals surface area contributed by atoms with Gasteiger partial charge in [-0.3, -0.25) is 14.4 Å². The van der Waals surface area contributed by atoms with Crippen LogP contribution in [0.15, 0.2) is 48.5 Å². The van der Waals surface area contributed by atoms with Crippen LogP contribution >= 0.6 is 11.6 Å². The van der Waals surface area contributed by atoms with Gasteiger partial charge in [0.15, 0.2) is 0 Å². The van der Waals surface area contributed by atoms with E-state index in [2.05, 4.69) is 10.6 Å². The van der Waals surface area contributed by atoms with Gasteiger partial charge in [-0.2, -0.15) is 0 Å². The monoisotopic (exact) mass is 414 g/mol. The lowest BCUT2D eigenvalue weighted by atomic mass is 10.2. The van der Waals surface area contributed by atoms with Crippen LogP contribution in [0, 0.1) is 0 Å². The van der Waals surface area contributed by atoms with Gasteiger partial charge in [0.25, 0.3) is 0 Å². The minimum Gasteiger partial charge on any atom is -0.376 e. The molecule has 2 aromatic carbocycles. The molecule has 1 aliphatic heterocycles. The van der Waals surface area contributed by atoms with E-state index in [0.29, 0.717) is 17.1 Å². The molecule has 0 radical (unpaired) electrons. The molecule has 0 bridgehead atoms. The molecule has 0 saturated carbocycles. The molecule has 8 heteroatoms. The summed E-state index contributed by atoms with van der Waals surface area (Å²) in [5, 5.41) is 6.17. The molecule has 0 atom stereocenters. The zero-order chi connectivity index (χ0) is 20.8. The number of hydrogen-bond acceptors (Lipinski definition) is 4. The first kappa shape index (κ1) is 20.7. The molecule has 3 amide bonds. The Balaban J connectivity index is 1.46. The van der Waals surface area contributed by atoms with Crippen LogP contribution in [0.5, 0.6) is 0 Å². The van der Waals surface area contributed by atoms with E-state index in [0.717, 1.165) is 24.3 Å². The van der Waals surface area contributed by atoms with E-state index in [1.54, 1.807) is 36.2 Å². The summed E-state index contributed by atoms with van der Waals surface area (Å²) in [5.74, 6) is -0.413. The van der Waals surface area contributed by atoms with Crippen molar-refractivity contribution in [2.24, 2.45) is 0 Å². The predicted octanol–water partition coefficient (Wildman–Crippen LogP) is 2.98. The molecule has 1 fully saturated rings. The van der Waals surface area contributed by atoms with Crippen molar-refractivity contribution in [1.29, 1.82) is 0 Å². The van der Waals surface area contributed by atoms with Crippen molar-refractivity contribution >= 4 is 46.4 Å². The number of halogens is 1. The fourth-order valence-corrected chi connectivity index (χ4v) is 3.23. The van der Waals surface area contributed by atoms with Crippen LogP contribution in [0.4, 0.5) is 17.1 Å². The van der Waals surface area contributed by atoms with Gasteiger partial charge < -0.3 is 20.4 Å². The van der Waals surface area contributed by atoms with Crippen molar-refractivity contribution in [2.45, 2.75) is 12.8 Å². The van der Waals surface area contributed by atoms with Crippen LogP contribution in [-0.2, 0) is 14.4 Å². The van der Waals surface area contributed by atoms with Crippen molar-refractivity contribution in [2.75, 3.05) is 42.2 Å². The zero-order valence-corrected chi connectivity index (χ0v) is 16.9. The molecule has 1 heterocycles. The van der Waals surface area contributed by atoms with Gasteiger partial charge in [-0.05, 0) is 42.8 Å². The Morgan fingerprint density at radius 3 is 2.52 bits per heavy atom. The van der Waals surface area contributed by atoms with Gasteiger partial charge in [0.2, 0.25) is 17.7 Å². The Bertz CT molecular complexity index is 901. The van der Waals surface area contributed by atoms with Crippen LogP contribution in [0.25, 0.3) is 0 Å². The van der Waals surface area contributed by atoms with Gasteiger partial charge >= 0.3 is 0 Å². The average molecular weight is 415 g/mol. The third kappa shape index (κ3) is 5.48. The fraction of sp³-hybridized carbons (Fsp3) is 0.286. The lowest BCUT2D eigenvalue weighted by Crippen LogP contribution is -2.38. The van der Waals surface area contributed by atoms with E-state index < -0.39 is 0 Å². The van der Waals surface area contributed by atoms with Gasteiger partial charge in [0.05, 0.1) is 23.8 Å². The number of nitrogens with one attached hydrogen (secondary N) is 2. The van der Waals surface area contributed by atoms with Crippen LogP contribution in [0.3, 0.4) is 0 Å². The topological polar surface area (TPSA) is 81.8 Å². The van der Waals surface area contributed by atoms with Crippen molar-refractivity contribution < 1.29 is 14.4 Å². The Hall–Kier alpha value is -3.06. The predicted molar refractivity (Wildman–Crippen MR) is 114 cm³/mol. The maximum atomic E-state index is 12.3. The molecule has 0 aromatic heterocycles. The number of amides is 3. The van der Waals surface area contributed by atoms with E-state index in [4.69, 9.17) is 11.6 Å².